The van der Waals surface area contributed by atoms with E-state index in [2.05, 4.69) is 4.72 Å². The summed E-state index contributed by atoms with van der Waals surface area (Å²) in [6.45, 7) is 8.96. The molecule has 122 valence electrons. The topological polar surface area (TPSA) is 64.6 Å². The lowest BCUT2D eigenvalue weighted by Crippen LogP contribution is -2.41. The zero-order valence-corrected chi connectivity index (χ0v) is 14.3. The van der Waals surface area contributed by atoms with Gasteiger partial charge in [0.15, 0.2) is 0 Å². The molecular formula is C14H21BFNO4S. The zero-order chi connectivity index (χ0) is 16.8. The van der Waals surface area contributed by atoms with E-state index < -0.39 is 34.2 Å². The van der Waals surface area contributed by atoms with Crippen molar-refractivity contribution in [2.75, 3.05) is 10.5 Å². The van der Waals surface area contributed by atoms with Gasteiger partial charge in [-0.15, -0.1) is 0 Å². The lowest BCUT2D eigenvalue weighted by molar-refractivity contribution is 0.00578. The minimum atomic E-state index is -3.55. The number of benzene rings is 1. The number of hydrogen-bond acceptors (Lipinski definition) is 4. The summed E-state index contributed by atoms with van der Waals surface area (Å²) < 4.78 is 51.7. The van der Waals surface area contributed by atoms with Crippen molar-refractivity contribution >= 4 is 28.3 Å². The van der Waals surface area contributed by atoms with Gasteiger partial charge in [-0.25, -0.2) is 12.8 Å². The quantitative estimate of drug-likeness (QED) is 0.857. The molecule has 0 atom stereocenters. The molecule has 8 heteroatoms. The second kappa shape index (κ2) is 5.51. The van der Waals surface area contributed by atoms with Crippen molar-refractivity contribution in [3.05, 3.63) is 24.0 Å². The van der Waals surface area contributed by atoms with Crippen molar-refractivity contribution in [3.8, 4) is 0 Å². The van der Waals surface area contributed by atoms with E-state index in [4.69, 9.17) is 9.31 Å². The largest absolute Gasteiger partial charge is 0.497 e. The number of sulfonamides is 1. The first-order valence-electron chi connectivity index (χ1n) is 7.13. The van der Waals surface area contributed by atoms with Crippen LogP contribution >= 0.6 is 0 Å². The van der Waals surface area contributed by atoms with Gasteiger partial charge in [0.05, 0.1) is 22.6 Å². The molecule has 1 fully saturated rings. The van der Waals surface area contributed by atoms with Crippen LogP contribution in [0.2, 0.25) is 0 Å². The number of nitrogens with one attached hydrogen (secondary N) is 1. The van der Waals surface area contributed by atoms with Crippen molar-refractivity contribution < 1.29 is 22.1 Å². The Morgan fingerprint density at radius 3 is 2.23 bits per heavy atom. The first-order valence-corrected chi connectivity index (χ1v) is 8.79. The normalized spacial score (nSPS) is 20.2. The standard InChI is InChI=1S/C14H21BFNO4S/c1-6-22(18,19)17-11-9-7-8-10(12(11)16)15-20-13(2,3)14(4,5)21-15/h7-9,17H,6H2,1-5H3. The van der Waals surface area contributed by atoms with Crippen LogP contribution in [0.25, 0.3) is 0 Å². The Hall–Kier alpha value is -1.12. The molecule has 1 aromatic rings. The summed E-state index contributed by atoms with van der Waals surface area (Å²) in [6.07, 6.45) is 0. The molecule has 22 heavy (non-hydrogen) atoms. The summed E-state index contributed by atoms with van der Waals surface area (Å²) in [5.41, 5.74) is -1.12. The van der Waals surface area contributed by atoms with Crippen LogP contribution in [0.5, 0.6) is 0 Å². The molecule has 0 bridgehead atoms. The minimum Gasteiger partial charge on any atom is -0.399 e. The maximum absolute atomic E-state index is 14.6. The third-order valence-electron chi connectivity index (χ3n) is 4.18. The fraction of sp³-hybridized carbons (Fsp3) is 0.571. The molecule has 0 saturated carbocycles. The molecule has 5 nitrogen and oxygen atoms in total. The summed E-state index contributed by atoms with van der Waals surface area (Å²) in [4.78, 5) is 0. The number of halogens is 1. The Morgan fingerprint density at radius 2 is 1.73 bits per heavy atom. The van der Waals surface area contributed by atoms with E-state index in [-0.39, 0.29) is 16.9 Å². The Labute approximate surface area is 131 Å². The second-order valence-electron chi connectivity index (χ2n) is 6.30. The highest BCUT2D eigenvalue weighted by Gasteiger charge is 2.52. The highest BCUT2D eigenvalue weighted by atomic mass is 32.2. The van der Waals surface area contributed by atoms with Gasteiger partial charge in [-0.05, 0) is 40.7 Å². The summed E-state index contributed by atoms with van der Waals surface area (Å²) in [5.74, 6) is -0.814. The third-order valence-corrected chi connectivity index (χ3v) is 5.47. The number of hydrogen-bond donors (Lipinski definition) is 1. The molecule has 0 unspecified atom stereocenters. The molecule has 1 saturated heterocycles. The molecule has 1 aliphatic rings. The third kappa shape index (κ3) is 3.14. The highest BCUT2D eigenvalue weighted by Crippen LogP contribution is 2.36. The number of anilines is 1. The molecule has 1 N–H and O–H groups in total. The van der Waals surface area contributed by atoms with E-state index in [0.717, 1.165) is 0 Å². The smallest absolute Gasteiger partial charge is 0.399 e. The highest BCUT2D eigenvalue weighted by molar-refractivity contribution is 7.92. The van der Waals surface area contributed by atoms with Crippen LogP contribution in [0.1, 0.15) is 34.6 Å². The summed E-state index contributed by atoms with van der Waals surface area (Å²) in [7, 11) is -4.43. The Bertz CT molecular complexity index is 659. The first kappa shape index (κ1) is 17.2. The zero-order valence-electron chi connectivity index (χ0n) is 13.4. The van der Waals surface area contributed by atoms with Gasteiger partial charge in [0, 0.05) is 5.46 Å². The van der Waals surface area contributed by atoms with E-state index in [1.165, 1.54) is 19.1 Å². The average molecular weight is 329 g/mol. The van der Waals surface area contributed by atoms with Crippen molar-refractivity contribution in [3.63, 3.8) is 0 Å². The average Bonchev–Trinajstić information content (AvgIpc) is 2.60. The van der Waals surface area contributed by atoms with Gasteiger partial charge < -0.3 is 9.31 Å². The molecule has 0 spiro atoms. The van der Waals surface area contributed by atoms with E-state index in [0.29, 0.717) is 0 Å². The summed E-state index contributed by atoms with van der Waals surface area (Å²) in [6, 6.07) is 4.47. The van der Waals surface area contributed by atoms with E-state index in [9.17, 15) is 12.8 Å². The van der Waals surface area contributed by atoms with Crippen LogP contribution in [0.4, 0.5) is 10.1 Å². The summed E-state index contributed by atoms with van der Waals surface area (Å²) >= 11 is 0. The maximum atomic E-state index is 14.6. The Morgan fingerprint density at radius 1 is 1.18 bits per heavy atom. The van der Waals surface area contributed by atoms with Crippen molar-refractivity contribution in [1.29, 1.82) is 0 Å². The van der Waals surface area contributed by atoms with Gasteiger partial charge in [-0.2, -0.15) is 0 Å². The van der Waals surface area contributed by atoms with Crippen LogP contribution in [-0.2, 0) is 19.3 Å². The van der Waals surface area contributed by atoms with E-state index >= 15 is 0 Å². The minimum absolute atomic E-state index is 0.103. The van der Waals surface area contributed by atoms with Crippen molar-refractivity contribution in [2.45, 2.75) is 45.8 Å². The van der Waals surface area contributed by atoms with Crippen LogP contribution in [0, 0.1) is 5.82 Å². The van der Waals surface area contributed by atoms with E-state index in [1.54, 1.807) is 6.07 Å². The lowest BCUT2D eigenvalue weighted by Gasteiger charge is -2.32. The van der Waals surface area contributed by atoms with Gasteiger partial charge >= 0.3 is 7.12 Å². The molecule has 1 heterocycles. The maximum Gasteiger partial charge on any atom is 0.497 e. The molecular weight excluding hydrogens is 308 g/mol. The van der Waals surface area contributed by atoms with Gasteiger partial charge in [-0.1, -0.05) is 12.1 Å². The Kier molecular flexibility index (Phi) is 4.32. The van der Waals surface area contributed by atoms with Crippen LogP contribution in [0.3, 0.4) is 0 Å². The van der Waals surface area contributed by atoms with Crippen LogP contribution in [-0.4, -0.2) is 32.5 Å². The van der Waals surface area contributed by atoms with Crippen molar-refractivity contribution in [1.82, 2.24) is 0 Å². The molecule has 0 amide bonds. The van der Waals surface area contributed by atoms with Crippen LogP contribution < -0.4 is 10.2 Å². The molecule has 1 aromatic carbocycles. The SMILES string of the molecule is CCS(=O)(=O)Nc1cccc(B2OC(C)(C)C(C)(C)O2)c1F. The molecule has 0 aromatic heterocycles. The predicted octanol–water partition coefficient (Wildman–Crippen LogP) is 1.89. The fourth-order valence-electron chi connectivity index (χ4n) is 2.02. The first-order chi connectivity index (χ1) is 9.99. The fourth-order valence-corrected chi connectivity index (χ4v) is 2.66. The number of rotatable bonds is 4. The van der Waals surface area contributed by atoms with Crippen LogP contribution in [0.15, 0.2) is 18.2 Å². The van der Waals surface area contributed by atoms with Gasteiger partial charge in [0.25, 0.3) is 0 Å². The van der Waals surface area contributed by atoms with Gasteiger partial charge in [0.2, 0.25) is 10.0 Å². The monoisotopic (exact) mass is 329 g/mol. The molecule has 0 aliphatic carbocycles. The predicted molar refractivity (Wildman–Crippen MR) is 85.2 cm³/mol. The second-order valence-corrected chi connectivity index (χ2v) is 8.31. The Balaban J connectivity index is 2.35. The van der Waals surface area contributed by atoms with Gasteiger partial charge in [0.1, 0.15) is 5.82 Å². The molecule has 1 aliphatic heterocycles. The van der Waals surface area contributed by atoms with Crippen molar-refractivity contribution in [2.24, 2.45) is 0 Å². The lowest BCUT2D eigenvalue weighted by atomic mass is 9.78. The van der Waals surface area contributed by atoms with Gasteiger partial charge in [-0.3, -0.25) is 4.72 Å². The van der Waals surface area contributed by atoms with E-state index in [1.807, 2.05) is 27.7 Å². The molecule has 0 radical (unpaired) electrons. The summed E-state index contributed by atoms with van der Waals surface area (Å²) in [5, 5.41) is 0. The molecule has 2 rings (SSSR count).